The van der Waals surface area contributed by atoms with Gasteiger partial charge in [-0.3, -0.25) is 4.48 Å². The van der Waals surface area contributed by atoms with E-state index in [4.69, 9.17) is 37.4 Å². The van der Waals surface area contributed by atoms with Crippen molar-refractivity contribution < 1.29 is 38.5 Å². The second-order valence-electron chi connectivity index (χ2n) is 15.4. The molecule has 0 spiro atoms. The number of carbonyl (C=O) groups is 2. The molecule has 0 radical (unpaired) electrons. The minimum atomic E-state index is -1.05. The quantitative estimate of drug-likeness (QED) is 0.0988. The van der Waals surface area contributed by atoms with E-state index < -0.39 is 17.6 Å². The van der Waals surface area contributed by atoms with Gasteiger partial charge < -0.3 is 29.3 Å². The van der Waals surface area contributed by atoms with Gasteiger partial charge in [-0.05, 0) is 106 Å². The Bertz CT molecular complexity index is 1670. The molecule has 5 rings (SSSR count). The lowest BCUT2D eigenvalue weighted by molar-refractivity contribution is -0.891. The average molecular weight is 757 g/mol. The molecule has 2 aliphatic carbocycles. The minimum Gasteiger partial charge on any atom is -0.508 e. The van der Waals surface area contributed by atoms with Crippen molar-refractivity contribution in [3.8, 4) is 17.2 Å². The van der Waals surface area contributed by atoms with E-state index in [0.29, 0.717) is 45.6 Å². The van der Waals surface area contributed by atoms with E-state index in [1.54, 1.807) is 31.4 Å². The zero-order valence-electron chi connectivity index (χ0n) is 31.0. The lowest BCUT2D eigenvalue weighted by atomic mass is 9.93. The third-order valence-corrected chi connectivity index (χ3v) is 10.6. The van der Waals surface area contributed by atoms with Gasteiger partial charge in [-0.15, -0.1) is 0 Å². The Kier molecular flexibility index (Phi) is 13.1. The summed E-state index contributed by atoms with van der Waals surface area (Å²) in [5.41, 5.74) is 3.11. The highest BCUT2D eigenvalue weighted by atomic mass is 35.5. The third-order valence-electron chi connectivity index (χ3n) is 10.0. The zero-order chi connectivity index (χ0) is 37.6. The van der Waals surface area contributed by atoms with Crippen LogP contribution in [0.5, 0.6) is 17.2 Å². The maximum Gasteiger partial charge on any atom is 0.407 e. The number of methoxy groups -OCH3 is 1. The average Bonchev–Trinajstić information content (AvgIpc) is 3.99. The number of halogens is 2. The summed E-state index contributed by atoms with van der Waals surface area (Å²) in [4.78, 5) is 29.3. The number of carboxylic acid groups (broad SMARTS) is 1. The fourth-order valence-corrected chi connectivity index (χ4v) is 8.03. The van der Waals surface area contributed by atoms with E-state index in [1.807, 2.05) is 52.0 Å². The predicted octanol–water partition coefficient (Wildman–Crippen LogP) is 8.85. The number of benzene rings is 3. The molecule has 3 aromatic rings. The first-order chi connectivity index (χ1) is 24.7. The van der Waals surface area contributed by atoms with Crippen molar-refractivity contribution >= 4 is 35.2 Å². The van der Waals surface area contributed by atoms with Crippen LogP contribution in [-0.4, -0.2) is 82.7 Å². The van der Waals surface area contributed by atoms with E-state index in [1.165, 1.54) is 4.90 Å². The number of quaternary nitrogens is 1. The van der Waals surface area contributed by atoms with E-state index in [2.05, 4.69) is 6.07 Å². The molecule has 0 aliphatic heterocycles. The van der Waals surface area contributed by atoms with Gasteiger partial charge in [-0.1, -0.05) is 35.3 Å². The van der Waals surface area contributed by atoms with Crippen LogP contribution in [0.3, 0.4) is 0 Å². The fraction of sp³-hybridized carbons (Fsp3) is 0.512. The van der Waals surface area contributed by atoms with Crippen LogP contribution >= 0.6 is 23.2 Å². The number of rotatable bonds is 18. The molecule has 52 heavy (non-hydrogen) atoms. The van der Waals surface area contributed by atoms with Crippen molar-refractivity contribution in [2.75, 3.05) is 33.5 Å². The Hall–Kier alpha value is -3.50. The second kappa shape index (κ2) is 17.1. The lowest BCUT2D eigenvalue weighted by Gasteiger charge is -2.42. The van der Waals surface area contributed by atoms with E-state index in [0.717, 1.165) is 60.8 Å². The van der Waals surface area contributed by atoms with Crippen LogP contribution < -0.4 is 9.47 Å². The SMILES string of the molecule is COCCCc1cc(O)cc(C[N+](C(=O)C(Cc2ccc(OCCOc3c(Cl)cc(C)cc3Cl)cc2)CN(C(=O)O)C(C)(C)C)(C2CC2)C2CC2)c1. The molecule has 0 saturated heterocycles. The Labute approximate surface area is 318 Å². The third kappa shape index (κ3) is 10.1. The number of nitrogens with zero attached hydrogens (tertiary/aromatic N) is 2. The van der Waals surface area contributed by atoms with Crippen molar-refractivity contribution in [3.63, 3.8) is 0 Å². The predicted molar refractivity (Wildman–Crippen MR) is 204 cm³/mol. The molecular formula is C41H53Cl2N2O7+. The molecule has 0 aromatic heterocycles. The molecule has 0 heterocycles. The summed E-state index contributed by atoms with van der Waals surface area (Å²) in [5.74, 6) is 0.757. The molecule has 1 atom stereocenters. The number of hydrogen-bond acceptors (Lipinski definition) is 6. The topological polar surface area (TPSA) is 106 Å². The maximum absolute atomic E-state index is 15.2. The summed E-state index contributed by atoms with van der Waals surface area (Å²) >= 11 is 12.6. The summed E-state index contributed by atoms with van der Waals surface area (Å²) in [6.45, 7) is 9.20. The monoisotopic (exact) mass is 755 g/mol. The molecular weight excluding hydrogens is 703 g/mol. The van der Waals surface area contributed by atoms with Gasteiger partial charge in [0.15, 0.2) is 5.75 Å². The number of ether oxygens (including phenoxy) is 3. The summed E-state index contributed by atoms with van der Waals surface area (Å²) < 4.78 is 17.3. The Morgan fingerprint density at radius 3 is 2.04 bits per heavy atom. The Morgan fingerprint density at radius 2 is 1.48 bits per heavy atom. The number of amides is 2. The highest BCUT2D eigenvalue weighted by molar-refractivity contribution is 6.37. The molecule has 2 aliphatic rings. The van der Waals surface area contributed by atoms with E-state index >= 15 is 4.79 Å². The first-order valence-electron chi connectivity index (χ1n) is 18.2. The van der Waals surface area contributed by atoms with Crippen LogP contribution in [-0.2, 0) is 28.9 Å². The van der Waals surface area contributed by atoms with Crippen molar-refractivity contribution in [1.29, 1.82) is 0 Å². The normalized spacial score (nSPS) is 15.3. The van der Waals surface area contributed by atoms with Crippen LogP contribution in [0.25, 0.3) is 0 Å². The molecule has 282 valence electrons. The number of carbonyl (C=O) groups excluding carboxylic acids is 1. The van der Waals surface area contributed by atoms with Crippen molar-refractivity contribution in [3.05, 3.63) is 86.9 Å². The van der Waals surface area contributed by atoms with E-state index in [9.17, 15) is 15.0 Å². The van der Waals surface area contributed by atoms with Gasteiger partial charge in [0.1, 0.15) is 31.3 Å². The van der Waals surface area contributed by atoms with Gasteiger partial charge in [0.05, 0.1) is 28.0 Å². The summed E-state index contributed by atoms with van der Waals surface area (Å²) in [6.07, 6.45) is 4.74. The Morgan fingerprint density at radius 1 is 0.885 bits per heavy atom. The molecule has 2 amide bonds. The maximum atomic E-state index is 15.2. The van der Waals surface area contributed by atoms with Crippen LogP contribution in [0, 0.1) is 12.8 Å². The molecule has 3 aromatic carbocycles. The standard InChI is InChI=1S/C41H52Cl2N2O7/c1-27-19-36(42)38(37(43)20-27)52-18-17-51-35-14-8-28(9-15-35)22-31(25-44(40(48)49)41(2,3)4)39(47)45(32-10-11-32,33-12-13-33)26-30-21-29(7-6-16-50-5)23-34(46)24-30/h8-9,14-15,19-21,23-24,31-33H,6-7,10-13,16-18,22,25-26H2,1-5H3,(H-,46,48,49)/p+1. The van der Waals surface area contributed by atoms with Crippen molar-refractivity contribution in [2.24, 2.45) is 5.92 Å². The van der Waals surface area contributed by atoms with Crippen LogP contribution in [0.4, 0.5) is 4.79 Å². The molecule has 11 heteroatoms. The van der Waals surface area contributed by atoms with Crippen LogP contribution in [0.1, 0.15) is 75.1 Å². The highest BCUT2D eigenvalue weighted by Gasteiger charge is 2.60. The molecule has 2 fully saturated rings. The number of phenols is 1. The zero-order valence-corrected chi connectivity index (χ0v) is 32.5. The summed E-state index contributed by atoms with van der Waals surface area (Å²) in [7, 11) is 1.68. The largest absolute Gasteiger partial charge is 0.508 e. The molecule has 1 unspecified atom stereocenters. The first-order valence-corrected chi connectivity index (χ1v) is 19.0. The van der Waals surface area contributed by atoms with Crippen molar-refractivity contribution in [1.82, 2.24) is 4.90 Å². The fourth-order valence-electron chi connectivity index (χ4n) is 7.33. The van der Waals surface area contributed by atoms with Gasteiger partial charge >= 0.3 is 12.0 Å². The number of hydrogen-bond donors (Lipinski definition) is 2. The molecule has 2 saturated carbocycles. The summed E-state index contributed by atoms with van der Waals surface area (Å²) in [6, 6.07) is 17.2. The van der Waals surface area contributed by atoms with Gasteiger partial charge in [-0.2, -0.15) is 0 Å². The molecule has 9 nitrogen and oxygen atoms in total. The van der Waals surface area contributed by atoms with Gasteiger partial charge in [-0.25, -0.2) is 9.59 Å². The van der Waals surface area contributed by atoms with Crippen LogP contribution in [0.2, 0.25) is 10.0 Å². The number of aromatic hydroxyl groups is 1. The molecule has 0 bridgehead atoms. The van der Waals surface area contributed by atoms with Gasteiger partial charge in [0.2, 0.25) is 0 Å². The lowest BCUT2D eigenvalue weighted by Crippen LogP contribution is -2.60. The minimum absolute atomic E-state index is 0.0793. The first kappa shape index (κ1) is 39.7. The van der Waals surface area contributed by atoms with Crippen LogP contribution in [0.15, 0.2) is 54.6 Å². The van der Waals surface area contributed by atoms with Crippen molar-refractivity contribution in [2.45, 2.75) is 96.8 Å². The molecule has 2 N–H and O–H groups in total. The Balaban J connectivity index is 1.36. The summed E-state index contributed by atoms with van der Waals surface area (Å²) in [5, 5.41) is 21.9. The number of phenolic OH excluding ortho intramolecular Hbond substituents is 1. The highest BCUT2D eigenvalue weighted by Crippen LogP contribution is 2.48. The number of aryl methyl sites for hydroxylation is 2. The second-order valence-corrected chi connectivity index (χ2v) is 16.2. The van der Waals surface area contributed by atoms with Gasteiger partial charge in [0.25, 0.3) is 0 Å². The smallest absolute Gasteiger partial charge is 0.407 e. The van der Waals surface area contributed by atoms with E-state index in [-0.39, 0.29) is 43.5 Å². The van der Waals surface area contributed by atoms with Gasteiger partial charge in [0, 0.05) is 57.0 Å².